The molecule has 3 nitrogen and oxygen atoms in total. The first kappa shape index (κ1) is 18.2. The summed E-state index contributed by atoms with van der Waals surface area (Å²) >= 11 is 1.82. The zero-order valence-corrected chi connectivity index (χ0v) is 16.4. The molecule has 0 saturated heterocycles. The maximum atomic E-state index is 12.3. The van der Waals surface area contributed by atoms with Crippen LogP contribution in [0.5, 0.6) is 0 Å². The number of aromatic amines is 1. The molecule has 0 aliphatic heterocycles. The molecular weight excluding hydrogens is 352 g/mol. The number of carbonyl (C=O) groups is 1. The van der Waals surface area contributed by atoms with Crippen molar-refractivity contribution in [2.75, 3.05) is 12.3 Å². The number of benzene rings is 2. The molecule has 0 radical (unpaired) electrons. The van der Waals surface area contributed by atoms with E-state index in [1.54, 1.807) is 0 Å². The molecule has 0 spiro atoms. The normalized spacial score (nSPS) is 15.1. The fourth-order valence-electron chi connectivity index (χ4n) is 3.91. The molecule has 3 aromatic rings. The summed E-state index contributed by atoms with van der Waals surface area (Å²) in [6, 6.07) is 18.9. The fourth-order valence-corrected chi connectivity index (χ4v) is 4.97. The summed E-state index contributed by atoms with van der Waals surface area (Å²) in [5.41, 5.74) is 3.52. The van der Waals surface area contributed by atoms with Crippen LogP contribution >= 0.6 is 11.8 Å². The second-order valence-corrected chi connectivity index (χ2v) is 8.32. The number of hydrogen-bond donors (Lipinski definition) is 2. The van der Waals surface area contributed by atoms with Crippen LogP contribution in [0, 0.1) is 5.92 Å². The van der Waals surface area contributed by atoms with Gasteiger partial charge in [-0.05, 0) is 24.5 Å². The number of aromatic nitrogens is 1. The van der Waals surface area contributed by atoms with Crippen molar-refractivity contribution in [3.05, 3.63) is 54.6 Å². The summed E-state index contributed by atoms with van der Waals surface area (Å²) in [6.07, 6.45) is 5.78. The molecule has 4 heteroatoms. The number of amides is 1. The van der Waals surface area contributed by atoms with Crippen LogP contribution in [-0.2, 0) is 4.79 Å². The molecule has 0 bridgehead atoms. The van der Waals surface area contributed by atoms with Gasteiger partial charge >= 0.3 is 0 Å². The van der Waals surface area contributed by atoms with Gasteiger partial charge in [0, 0.05) is 34.0 Å². The second-order valence-electron chi connectivity index (χ2n) is 7.22. The van der Waals surface area contributed by atoms with Crippen molar-refractivity contribution >= 4 is 28.6 Å². The molecule has 1 aliphatic carbocycles. The zero-order chi connectivity index (χ0) is 18.5. The van der Waals surface area contributed by atoms with E-state index in [2.05, 4.69) is 58.8 Å². The van der Waals surface area contributed by atoms with Crippen LogP contribution in [0.2, 0.25) is 0 Å². The smallest absolute Gasteiger partial charge is 0.223 e. The monoisotopic (exact) mass is 378 g/mol. The number of hydrogen-bond acceptors (Lipinski definition) is 2. The molecule has 1 heterocycles. The van der Waals surface area contributed by atoms with Gasteiger partial charge in [-0.1, -0.05) is 67.8 Å². The van der Waals surface area contributed by atoms with Crippen LogP contribution in [0.3, 0.4) is 0 Å². The minimum Gasteiger partial charge on any atom is -0.355 e. The van der Waals surface area contributed by atoms with Gasteiger partial charge in [-0.2, -0.15) is 0 Å². The number of carbonyl (C=O) groups excluding carboxylic acids is 1. The summed E-state index contributed by atoms with van der Waals surface area (Å²) in [5.74, 6) is 1.36. The maximum Gasteiger partial charge on any atom is 0.223 e. The Labute approximate surface area is 164 Å². The largest absolute Gasteiger partial charge is 0.355 e. The molecule has 1 fully saturated rings. The molecule has 1 saturated carbocycles. The minimum absolute atomic E-state index is 0.233. The van der Waals surface area contributed by atoms with Crippen LogP contribution in [0.25, 0.3) is 22.2 Å². The highest BCUT2D eigenvalue weighted by Crippen LogP contribution is 2.37. The number of fused-ring (bicyclic) bond motifs is 1. The number of thioether (sulfide) groups is 1. The first-order valence-electron chi connectivity index (χ1n) is 9.89. The van der Waals surface area contributed by atoms with Gasteiger partial charge in [-0.25, -0.2) is 0 Å². The van der Waals surface area contributed by atoms with E-state index in [0.29, 0.717) is 6.54 Å². The average molecular weight is 379 g/mol. The second kappa shape index (κ2) is 8.66. The Balaban J connectivity index is 1.44. The zero-order valence-electron chi connectivity index (χ0n) is 15.5. The third-order valence-electron chi connectivity index (χ3n) is 5.34. The molecule has 1 aromatic heterocycles. The highest BCUT2D eigenvalue weighted by Gasteiger charge is 2.20. The van der Waals surface area contributed by atoms with Crippen molar-refractivity contribution in [2.45, 2.75) is 37.0 Å². The van der Waals surface area contributed by atoms with Crippen LogP contribution in [-0.4, -0.2) is 23.2 Å². The Hall–Kier alpha value is -2.20. The SMILES string of the molecule is O=C(NCCSc1c(-c2ccccc2)[nH]c2ccccc12)C1CCCCC1. The Bertz CT molecular complexity index is 897. The highest BCUT2D eigenvalue weighted by atomic mass is 32.2. The van der Waals surface area contributed by atoms with E-state index in [0.717, 1.165) is 24.1 Å². The lowest BCUT2D eigenvalue weighted by Crippen LogP contribution is -2.33. The molecule has 27 heavy (non-hydrogen) atoms. The van der Waals surface area contributed by atoms with Crippen molar-refractivity contribution < 1.29 is 4.79 Å². The van der Waals surface area contributed by atoms with Gasteiger partial charge in [-0.15, -0.1) is 11.8 Å². The van der Waals surface area contributed by atoms with E-state index in [-0.39, 0.29) is 11.8 Å². The van der Waals surface area contributed by atoms with Crippen molar-refractivity contribution in [3.8, 4) is 11.3 Å². The Morgan fingerprint density at radius 2 is 1.74 bits per heavy atom. The highest BCUT2D eigenvalue weighted by molar-refractivity contribution is 7.99. The van der Waals surface area contributed by atoms with Gasteiger partial charge in [0.2, 0.25) is 5.91 Å². The molecular formula is C23H26N2OS. The standard InChI is InChI=1S/C23H26N2OS/c26-23(18-11-5-2-6-12-18)24-15-16-27-22-19-13-7-8-14-20(19)25-21(22)17-9-3-1-4-10-17/h1,3-4,7-10,13-14,18,25H,2,5-6,11-12,15-16H2,(H,24,26). The number of H-pyrrole nitrogens is 1. The Kier molecular flexibility index (Phi) is 5.83. The molecule has 1 amide bonds. The van der Waals surface area contributed by atoms with Gasteiger partial charge in [0.1, 0.15) is 0 Å². The minimum atomic E-state index is 0.233. The molecule has 2 N–H and O–H groups in total. The van der Waals surface area contributed by atoms with E-state index >= 15 is 0 Å². The molecule has 1 aliphatic rings. The lowest BCUT2D eigenvalue weighted by Gasteiger charge is -2.20. The van der Waals surface area contributed by atoms with E-state index in [9.17, 15) is 4.79 Å². The summed E-state index contributed by atoms with van der Waals surface area (Å²) in [4.78, 5) is 17.2. The lowest BCUT2D eigenvalue weighted by atomic mass is 9.89. The molecule has 0 unspecified atom stereocenters. The average Bonchev–Trinajstić information content (AvgIpc) is 3.11. The maximum absolute atomic E-state index is 12.3. The van der Waals surface area contributed by atoms with Crippen LogP contribution < -0.4 is 5.32 Å². The third kappa shape index (κ3) is 4.22. The van der Waals surface area contributed by atoms with Crippen LogP contribution in [0.1, 0.15) is 32.1 Å². The summed E-state index contributed by atoms with van der Waals surface area (Å²) in [7, 11) is 0. The first-order valence-corrected chi connectivity index (χ1v) is 10.9. The van der Waals surface area contributed by atoms with E-state index in [4.69, 9.17) is 0 Å². The number of para-hydroxylation sites is 1. The fraction of sp³-hybridized carbons (Fsp3) is 0.348. The van der Waals surface area contributed by atoms with Gasteiger partial charge in [0.05, 0.1) is 5.69 Å². The van der Waals surface area contributed by atoms with Crippen molar-refractivity contribution in [3.63, 3.8) is 0 Å². The van der Waals surface area contributed by atoms with Crippen molar-refractivity contribution in [1.82, 2.24) is 10.3 Å². The lowest BCUT2D eigenvalue weighted by molar-refractivity contribution is -0.125. The van der Waals surface area contributed by atoms with Crippen LogP contribution in [0.4, 0.5) is 0 Å². The first-order chi connectivity index (χ1) is 13.3. The van der Waals surface area contributed by atoms with Gasteiger partial charge in [-0.3, -0.25) is 4.79 Å². The van der Waals surface area contributed by atoms with Gasteiger partial charge < -0.3 is 10.3 Å². The molecule has 2 aromatic carbocycles. The van der Waals surface area contributed by atoms with E-state index in [1.165, 1.54) is 40.8 Å². The molecule has 140 valence electrons. The number of nitrogens with one attached hydrogen (secondary N) is 2. The van der Waals surface area contributed by atoms with Crippen molar-refractivity contribution in [1.29, 1.82) is 0 Å². The van der Waals surface area contributed by atoms with Crippen molar-refractivity contribution in [2.24, 2.45) is 5.92 Å². The van der Waals surface area contributed by atoms with Gasteiger partial charge in [0.25, 0.3) is 0 Å². The number of rotatable bonds is 6. The van der Waals surface area contributed by atoms with E-state index in [1.807, 2.05) is 17.8 Å². The quantitative estimate of drug-likeness (QED) is 0.432. The topological polar surface area (TPSA) is 44.9 Å². The Morgan fingerprint density at radius 3 is 2.56 bits per heavy atom. The predicted molar refractivity (Wildman–Crippen MR) is 114 cm³/mol. The Morgan fingerprint density at radius 1 is 1.00 bits per heavy atom. The summed E-state index contributed by atoms with van der Waals surface area (Å²) in [5, 5.41) is 4.40. The van der Waals surface area contributed by atoms with E-state index < -0.39 is 0 Å². The summed E-state index contributed by atoms with van der Waals surface area (Å²) in [6.45, 7) is 0.716. The molecule has 0 atom stereocenters. The third-order valence-corrected chi connectivity index (χ3v) is 6.47. The molecule has 4 rings (SSSR count). The van der Waals surface area contributed by atoms with Gasteiger partial charge in [0.15, 0.2) is 0 Å². The van der Waals surface area contributed by atoms with Crippen LogP contribution in [0.15, 0.2) is 59.5 Å². The summed E-state index contributed by atoms with van der Waals surface area (Å²) < 4.78 is 0. The predicted octanol–water partition coefficient (Wildman–Crippen LogP) is 5.62.